The third kappa shape index (κ3) is 3.74. The molecule has 1 aliphatic rings. The van der Waals surface area contributed by atoms with E-state index in [2.05, 4.69) is 0 Å². The number of Topliss-reactive ketones (excluding diaryl/α,β-unsaturated/α-hetero) is 2. The summed E-state index contributed by atoms with van der Waals surface area (Å²) >= 11 is 11.9. The topological polar surface area (TPSA) is 43.4 Å². The number of halogens is 2. The van der Waals surface area contributed by atoms with Gasteiger partial charge >= 0.3 is 0 Å². The van der Waals surface area contributed by atoms with Crippen molar-refractivity contribution in [3.8, 4) is 5.75 Å². The fourth-order valence-electron chi connectivity index (χ4n) is 2.69. The highest BCUT2D eigenvalue weighted by molar-refractivity contribution is 6.35. The zero-order valence-electron chi connectivity index (χ0n) is 12.2. The van der Waals surface area contributed by atoms with Crippen molar-refractivity contribution < 1.29 is 14.3 Å². The van der Waals surface area contributed by atoms with Gasteiger partial charge in [-0.2, -0.15) is 0 Å². The van der Waals surface area contributed by atoms with Crippen molar-refractivity contribution in [2.24, 2.45) is 0 Å². The zero-order chi connectivity index (χ0) is 16.4. The lowest BCUT2D eigenvalue weighted by Crippen LogP contribution is -2.05. The molecule has 0 heterocycles. The normalized spacial score (nSPS) is 17.6. The third-order valence-electron chi connectivity index (χ3n) is 3.83. The Bertz CT molecular complexity index is 771. The first kappa shape index (κ1) is 16.0. The van der Waals surface area contributed by atoms with Gasteiger partial charge in [0.15, 0.2) is 0 Å². The summed E-state index contributed by atoms with van der Waals surface area (Å²) in [6, 6.07) is 12.6. The smallest absolute Gasteiger partial charge is 0.148 e. The van der Waals surface area contributed by atoms with Crippen molar-refractivity contribution in [2.75, 3.05) is 0 Å². The SMILES string of the molecule is O=C1CC(=O)C(c2cccc(COc3ccc(Cl)cc3Cl)c2)C1. The second-order valence-electron chi connectivity index (χ2n) is 5.55. The third-order valence-corrected chi connectivity index (χ3v) is 4.36. The Morgan fingerprint density at radius 3 is 2.61 bits per heavy atom. The quantitative estimate of drug-likeness (QED) is 0.759. The summed E-state index contributed by atoms with van der Waals surface area (Å²) in [5.74, 6) is 0.235. The average molecular weight is 349 g/mol. The Kier molecular flexibility index (Phi) is 4.69. The molecule has 118 valence electrons. The lowest BCUT2D eigenvalue weighted by atomic mass is 9.95. The fraction of sp³-hybridized carbons (Fsp3) is 0.222. The van der Waals surface area contributed by atoms with Crippen LogP contribution in [0.4, 0.5) is 0 Å². The first-order valence-electron chi connectivity index (χ1n) is 7.24. The van der Waals surface area contributed by atoms with Gasteiger partial charge in [0.2, 0.25) is 0 Å². The van der Waals surface area contributed by atoms with Crippen LogP contribution in [0.1, 0.15) is 29.9 Å². The van der Waals surface area contributed by atoms with Crippen molar-refractivity contribution in [1.82, 2.24) is 0 Å². The molecule has 0 amide bonds. The van der Waals surface area contributed by atoms with Crippen LogP contribution in [0, 0.1) is 0 Å². The molecular weight excluding hydrogens is 335 g/mol. The second kappa shape index (κ2) is 6.73. The van der Waals surface area contributed by atoms with Crippen LogP contribution in [0.15, 0.2) is 42.5 Å². The molecule has 1 fully saturated rings. The Morgan fingerprint density at radius 1 is 1.09 bits per heavy atom. The number of ketones is 2. The van der Waals surface area contributed by atoms with Gasteiger partial charge in [-0.05, 0) is 29.3 Å². The minimum atomic E-state index is -0.318. The molecule has 0 saturated heterocycles. The van der Waals surface area contributed by atoms with Gasteiger partial charge in [0.25, 0.3) is 0 Å². The highest BCUT2D eigenvalue weighted by Gasteiger charge is 2.31. The van der Waals surface area contributed by atoms with Gasteiger partial charge in [-0.1, -0.05) is 47.5 Å². The summed E-state index contributed by atoms with van der Waals surface area (Å²) in [6.45, 7) is 0.323. The monoisotopic (exact) mass is 348 g/mol. The molecule has 0 aromatic heterocycles. The van der Waals surface area contributed by atoms with Gasteiger partial charge in [0.05, 0.1) is 17.4 Å². The predicted octanol–water partition coefficient (Wildman–Crippen LogP) is 4.59. The molecule has 1 aliphatic carbocycles. The standard InChI is InChI=1S/C18H14Cl2O3/c19-13-4-5-18(16(20)7-13)23-10-11-2-1-3-12(6-11)15-8-14(21)9-17(15)22/h1-7,15H,8-10H2. The van der Waals surface area contributed by atoms with Crippen LogP contribution >= 0.6 is 23.2 Å². The first-order chi connectivity index (χ1) is 11.0. The number of benzene rings is 2. The van der Waals surface area contributed by atoms with Crippen molar-refractivity contribution >= 4 is 34.8 Å². The maximum absolute atomic E-state index is 11.9. The summed E-state index contributed by atoms with van der Waals surface area (Å²) < 4.78 is 5.70. The molecule has 0 N–H and O–H groups in total. The molecule has 1 atom stereocenters. The van der Waals surface area contributed by atoms with Crippen molar-refractivity contribution in [3.05, 3.63) is 63.6 Å². The van der Waals surface area contributed by atoms with Crippen molar-refractivity contribution in [1.29, 1.82) is 0 Å². The van der Waals surface area contributed by atoms with Gasteiger partial charge in [-0.25, -0.2) is 0 Å². The molecule has 2 aromatic rings. The van der Waals surface area contributed by atoms with Gasteiger partial charge < -0.3 is 4.74 Å². The molecule has 1 unspecified atom stereocenters. The Morgan fingerprint density at radius 2 is 1.91 bits per heavy atom. The van der Waals surface area contributed by atoms with E-state index in [0.29, 0.717) is 28.8 Å². The molecule has 3 rings (SSSR count). The summed E-state index contributed by atoms with van der Waals surface area (Å²) in [4.78, 5) is 23.3. The van der Waals surface area contributed by atoms with Crippen molar-refractivity contribution in [2.45, 2.75) is 25.4 Å². The molecule has 23 heavy (non-hydrogen) atoms. The molecule has 2 aromatic carbocycles. The van der Waals surface area contributed by atoms with Gasteiger partial charge in [0, 0.05) is 11.4 Å². The zero-order valence-corrected chi connectivity index (χ0v) is 13.7. The van der Waals surface area contributed by atoms with Crippen LogP contribution in [-0.2, 0) is 16.2 Å². The highest BCUT2D eigenvalue weighted by Crippen LogP contribution is 2.31. The number of hydrogen-bond donors (Lipinski definition) is 0. The number of carbonyl (C=O) groups is 2. The largest absolute Gasteiger partial charge is 0.487 e. The van der Waals surface area contributed by atoms with E-state index in [1.54, 1.807) is 18.2 Å². The van der Waals surface area contributed by atoms with Crippen LogP contribution in [0.3, 0.4) is 0 Å². The van der Waals surface area contributed by atoms with E-state index in [1.165, 1.54) is 0 Å². The molecule has 5 heteroatoms. The van der Waals surface area contributed by atoms with E-state index in [1.807, 2.05) is 24.3 Å². The van der Waals surface area contributed by atoms with E-state index in [9.17, 15) is 9.59 Å². The lowest BCUT2D eigenvalue weighted by Gasteiger charge is -2.11. The van der Waals surface area contributed by atoms with Crippen LogP contribution in [0.25, 0.3) is 0 Å². The molecular formula is C18H14Cl2O3. The molecule has 0 radical (unpaired) electrons. The second-order valence-corrected chi connectivity index (χ2v) is 6.39. The van der Waals surface area contributed by atoms with E-state index in [-0.39, 0.29) is 23.9 Å². The molecule has 0 aliphatic heterocycles. The van der Waals surface area contributed by atoms with E-state index in [4.69, 9.17) is 27.9 Å². The van der Waals surface area contributed by atoms with Gasteiger partial charge in [-0.3, -0.25) is 9.59 Å². The Labute approximate surface area is 144 Å². The Balaban J connectivity index is 1.73. The fourth-order valence-corrected chi connectivity index (χ4v) is 3.15. The first-order valence-corrected chi connectivity index (χ1v) is 7.99. The number of carbonyl (C=O) groups excluding carboxylic acids is 2. The number of rotatable bonds is 4. The summed E-state index contributed by atoms with van der Waals surface area (Å²) in [6.07, 6.45) is 0.345. The lowest BCUT2D eigenvalue weighted by molar-refractivity contribution is -0.121. The minimum absolute atomic E-state index is 0.00573. The van der Waals surface area contributed by atoms with Crippen LogP contribution in [0.5, 0.6) is 5.75 Å². The average Bonchev–Trinajstić information content (AvgIpc) is 2.85. The van der Waals surface area contributed by atoms with Crippen molar-refractivity contribution in [3.63, 3.8) is 0 Å². The van der Waals surface area contributed by atoms with E-state index >= 15 is 0 Å². The highest BCUT2D eigenvalue weighted by atomic mass is 35.5. The maximum atomic E-state index is 11.9. The van der Waals surface area contributed by atoms with Gasteiger partial charge in [-0.15, -0.1) is 0 Å². The van der Waals surface area contributed by atoms with Crippen LogP contribution in [0.2, 0.25) is 10.0 Å². The number of hydrogen-bond acceptors (Lipinski definition) is 3. The number of ether oxygens (including phenoxy) is 1. The molecule has 1 saturated carbocycles. The summed E-state index contributed by atoms with van der Waals surface area (Å²) in [5, 5.41) is 0.999. The molecule has 0 spiro atoms. The van der Waals surface area contributed by atoms with Gasteiger partial charge in [0.1, 0.15) is 23.9 Å². The molecule has 0 bridgehead atoms. The Hall–Kier alpha value is -1.84. The van der Waals surface area contributed by atoms with Crippen LogP contribution in [-0.4, -0.2) is 11.6 Å². The predicted molar refractivity (Wildman–Crippen MR) is 89.2 cm³/mol. The van der Waals surface area contributed by atoms with Crippen LogP contribution < -0.4 is 4.74 Å². The maximum Gasteiger partial charge on any atom is 0.148 e. The minimum Gasteiger partial charge on any atom is -0.487 e. The summed E-state index contributed by atoms with van der Waals surface area (Å²) in [5.41, 5.74) is 1.78. The van der Waals surface area contributed by atoms with E-state index in [0.717, 1.165) is 11.1 Å². The van der Waals surface area contributed by atoms with E-state index < -0.39 is 0 Å². The molecule has 3 nitrogen and oxygen atoms in total. The summed E-state index contributed by atoms with van der Waals surface area (Å²) in [7, 11) is 0.